The van der Waals surface area contributed by atoms with Crippen molar-refractivity contribution >= 4 is 11.8 Å². The van der Waals surface area contributed by atoms with Gasteiger partial charge in [-0.3, -0.25) is 0 Å². The van der Waals surface area contributed by atoms with Gasteiger partial charge in [-0.1, -0.05) is 11.8 Å². The van der Waals surface area contributed by atoms with Gasteiger partial charge in [-0.15, -0.1) is 5.10 Å². The van der Waals surface area contributed by atoms with Gasteiger partial charge < -0.3 is 10.1 Å². The second-order valence-corrected chi connectivity index (χ2v) is 4.82. The molecule has 1 fully saturated rings. The first-order valence-electron chi connectivity index (χ1n) is 5.51. The fourth-order valence-electron chi connectivity index (χ4n) is 1.32. The minimum absolute atomic E-state index is 0.720. The zero-order valence-electron chi connectivity index (χ0n) is 9.43. The molecule has 0 aliphatic heterocycles. The molecule has 0 saturated heterocycles. The van der Waals surface area contributed by atoms with Gasteiger partial charge in [-0.2, -0.15) is 0 Å². The third-order valence-corrected chi connectivity index (χ3v) is 3.27. The van der Waals surface area contributed by atoms with E-state index in [2.05, 4.69) is 20.8 Å². The molecule has 0 bridgehead atoms. The summed E-state index contributed by atoms with van der Waals surface area (Å²) in [6.07, 6.45) is 2.62. The van der Waals surface area contributed by atoms with Crippen LogP contribution in [0.3, 0.4) is 0 Å². The van der Waals surface area contributed by atoms with E-state index in [1.54, 1.807) is 18.9 Å². The average Bonchev–Trinajstić information content (AvgIpc) is 3.00. The summed E-state index contributed by atoms with van der Waals surface area (Å²) in [5, 5.41) is 15.9. The largest absolute Gasteiger partial charge is 0.384 e. The Morgan fingerprint density at radius 3 is 3.19 bits per heavy atom. The fraction of sp³-hybridized carbons (Fsp3) is 0.889. The van der Waals surface area contributed by atoms with E-state index in [9.17, 15) is 0 Å². The van der Waals surface area contributed by atoms with Crippen LogP contribution < -0.4 is 5.32 Å². The number of ether oxygens (including phenoxy) is 1. The monoisotopic (exact) mass is 243 g/mol. The van der Waals surface area contributed by atoms with E-state index in [0.717, 1.165) is 36.6 Å². The maximum absolute atomic E-state index is 4.99. The van der Waals surface area contributed by atoms with Gasteiger partial charge in [-0.25, -0.2) is 4.68 Å². The summed E-state index contributed by atoms with van der Waals surface area (Å²) < 4.78 is 6.83. The molecule has 1 saturated carbocycles. The maximum atomic E-state index is 4.99. The van der Waals surface area contributed by atoms with E-state index in [4.69, 9.17) is 4.74 Å². The minimum atomic E-state index is 0.720. The molecule has 0 atom stereocenters. The molecule has 90 valence electrons. The molecule has 1 aliphatic rings. The standard InChI is InChI=1S/C9H17N5OS/c1-15-6-7-16-9-11-12-13-14(9)5-4-10-8-2-3-8/h8,10H,2-7H2,1H3. The van der Waals surface area contributed by atoms with Crippen molar-refractivity contribution in [1.82, 2.24) is 25.5 Å². The summed E-state index contributed by atoms with van der Waals surface area (Å²) in [6, 6.07) is 0.737. The Bertz CT molecular complexity index is 315. The van der Waals surface area contributed by atoms with E-state index in [1.807, 2.05) is 4.68 Å². The predicted molar refractivity (Wildman–Crippen MR) is 61.4 cm³/mol. The number of methoxy groups -OCH3 is 1. The summed E-state index contributed by atoms with van der Waals surface area (Å²) in [6.45, 7) is 2.49. The highest BCUT2D eigenvalue weighted by atomic mass is 32.2. The number of nitrogens with one attached hydrogen (secondary N) is 1. The first-order chi connectivity index (χ1) is 7.90. The lowest BCUT2D eigenvalue weighted by Crippen LogP contribution is -2.22. The van der Waals surface area contributed by atoms with E-state index < -0.39 is 0 Å². The second kappa shape index (κ2) is 6.17. The van der Waals surface area contributed by atoms with Crippen LogP contribution >= 0.6 is 11.8 Å². The lowest BCUT2D eigenvalue weighted by Gasteiger charge is -2.04. The van der Waals surface area contributed by atoms with E-state index in [-0.39, 0.29) is 0 Å². The quantitative estimate of drug-likeness (QED) is 0.518. The Morgan fingerprint density at radius 1 is 1.56 bits per heavy atom. The number of nitrogens with zero attached hydrogens (tertiary/aromatic N) is 4. The van der Waals surface area contributed by atoms with Crippen molar-refractivity contribution in [3.63, 3.8) is 0 Å². The van der Waals surface area contributed by atoms with Gasteiger partial charge in [-0.05, 0) is 23.3 Å². The molecule has 1 aliphatic carbocycles. The molecule has 2 rings (SSSR count). The Morgan fingerprint density at radius 2 is 2.44 bits per heavy atom. The highest BCUT2D eigenvalue weighted by Crippen LogP contribution is 2.18. The molecule has 1 aromatic rings. The van der Waals surface area contributed by atoms with Crippen molar-refractivity contribution in [2.75, 3.05) is 26.0 Å². The Hall–Kier alpha value is -0.660. The van der Waals surface area contributed by atoms with Crippen LogP contribution in [0.25, 0.3) is 0 Å². The van der Waals surface area contributed by atoms with Gasteiger partial charge in [0.05, 0.1) is 13.2 Å². The summed E-state index contributed by atoms with van der Waals surface area (Å²) in [4.78, 5) is 0. The van der Waals surface area contributed by atoms with Crippen LogP contribution in [0.5, 0.6) is 0 Å². The van der Waals surface area contributed by atoms with E-state index in [1.165, 1.54) is 12.8 Å². The van der Waals surface area contributed by atoms with Crippen LogP contribution in [0.15, 0.2) is 5.16 Å². The van der Waals surface area contributed by atoms with Crippen LogP contribution in [0, 0.1) is 0 Å². The number of hydrogen-bond acceptors (Lipinski definition) is 6. The van der Waals surface area contributed by atoms with Gasteiger partial charge in [0.15, 0.2) is 0 Å². The van der Waals surface area contributed by atoms with Crippen LogP contribution in [-0.4, -0.2) is 52.3 Å². The molecule has 0 amide bonds. The molecule has 1 heterocycles. The summed E-state index contributed by atoms with van der Waals surface area (Å²) in [5.41, 5.74) is 0. The molecular weight excluding hydrogens is 226 g/mol. The van der Waals surface area contributed by atoms with Crippen molar-refractivity contribution in [2.45, 2.75) is 30.6 Å². The molecule has 6 nitrogen and oxygen atoms in total. The van der Waals surface area contributed by atoms with E-state index >= 15 is 0 Å². The van der Waals surface area contributed by atoms with Gasteiger partial charge in [0.25, 0.3) is 0 Å². The maximum Gasteiger partial charge on any atom is 0.209 e. The molecule has 1 aromatic heterocycles. The van der Waals surface area contributed by atoms with Gasteiger partial charge in [0, 0.05) is 25.4 Å². The first kappa shape index (κ1) is 11.8. The summed E-state index contributed by atoms with van der Waals surface area (Å²) >= 11 is 1.63. The highest BCUT2D eigenvalue weighted by molar-refractivity contribution is 7.99. The lowest BCUT2D eigenvalue weighted by molar-refractivity contribution is 0.218. The minimum Gasteiger partial charge on any atom is -0.384 e. The molecular formula is C9H17N5OS. The summed E-state index contributed by atoms with van der Waals surface area (Å²) in [5.74, 6) is 0.882. The van der Waals surface area contributed by atoms with Crippen LogP contribution in [0.4, 0.5) is 0 Å². The third-order valence-electron chi connectivity index (χ3n) is 2.35. The SMILES string of the molecule is COCCSc1nnnn1CCNC1CC1. The van der Waals surface area contributed by atoms with Crippen LogP contribution in [0.2, 0.25) is 0 Å². The zero-order chi connectivity index (χ0) is 11.2. The normalized spacial score (nSPS) is 15.6. The molecule has 7 heteroatoms. The molecule has 0 aromatic carbocycles. The number of rotatable bonds is 8. The van der Waals surface area contributed by atoms with Gasteiger partial charge in [0.1, 0.15) is 0 Å². The van der Waals surface area contributed by atoms with Crippen molar-refractivity contribution in [2.24, 2.45) is 0 Å². The number of aromatic nitrogens is 4. The first-order valence-corrected chi connectivity index (χ1v) is 6.50. The number of tetrazole rings is 1. The third kappa shape index (κ3) is 3.73. The zero-order valence-corrected chi connectivity index (χ0v) is 10.2. The van der Waals surface area contributed by atoms with E-state index in [0.29, 0.717) is 0 Å². The summed E-state index contributed by atoms with van der Waals surface area (Å²) in [7, 11) is 1.70. The van der Waals surface area contributed by atoms with Gasteiger partial charge >= 0.3 is 0 Å². The van der Waals surface area contributed by atoms with Crippen molar-refractivity contribution < 1.29 is 4.74 Å². The molecule has 0 unspecified atom stereocenters. The topological polar surface area (TPSA) is 64.9 Å². The Balaban J connectivity index is 1.71. The van der Waals surface area contributed by atoms with Gasteiger partial charge in [0.2, 0.25) is 5.16 Å². The Labute approximate surface area is 99.1 Å². The average molecular weight is 243 g/mol. The van der Waals surface area contributed by atoms with Crippen molar-refractivity contribution in [3.05, 3.63) is 0 Å². The number of hydrogen-bond donors (Lipinski definition) is 1. The lowest BCUT2D eigenvalue weighted by atomic mass is 10.6. The Kier molecular flexibility index (Phi) is 4.55. The van der Waals surface area contributed by atoms with Crippen molar-refractivity contribution in [1.29, 1.82) is 0 Å². The fourth-order valence-corrected chi connectivity index (χ4v) is 2.12. The van der Waals surface area contributed by atoms with Crippen LogP contribution in [-0.2, 0) is 11.3 Å². The molecule has 1 N–H and O–H groups in total. The van der Waals surface area contributed by atoms with Crippen molar-refractivity contribution in [3.8, 4) is 0 Å². The molecule has 16 heavy (non-hydrogen) atoms. The molecule has 0 radical (unpaired) electrons. The predicted octanol–water partition coefficient (Wildman–Crippen LogP) is 0.164. The smallest absolute Gasteiger partial charge is 0.209 e. The van der Waals surface area contributed by atoms with Crippen LogP contribution in [0.1, 0.15) is 12.8 Å². The molecule has 0 spiro atoms. The second-order valence-electron chi connectivity index (χ2n) is 3.75. The number of thioether (sulfide) groups is 1. The highest BCUT2D eigenvalue weighted by Gasteiger charge is 2.19.